The number of aryl methyl sites for hydroxylation is 2. The average Bonchev–Trinajstić information content (AvgIpc) is 2.29. The molecule has 0 heterocycles. The molecule has 2 aromatic carbocycles. The summed E-state index contributed by atoms with van der Waals surface area (Å²) in [6.45, 7) is 3.95. The van der Waals surface area contributed by atoms with E-state index in [1.54, 1.807) is 6.21 Å². The Hall–Kier alpha value is -2.09. The number of para-hydroxylation sites is 1. The highest BCUT2D eigenvalue weighted by atomic mass is 16.5. The van der Waals surface area contributed by atoms with Crippen LogP contribution in [0.5, 0.6) is 0 Å². The van der Waals surface area contributed by atoms with Crippen molar-refractivity contribution in [2.45, 2.75) is 13.8 Å². The summed E-state index contributed by atoms with van der Waals surface area (Å²) in [5.41, 5.74) is 3.74. The molecule has 0 aliphatic rings. The van der Waals surface area contributed by atoms with Crippen LogP contribution in [0.25, 0.3) is 0 Å². The Morgan fingerprint density at radius 1 is 1.00 bits per heavy atom. The molecule has 0 atom stereocenters. The van der Waals surface area contributed by atoms with E-state index in [9.17, 15) is 5.21 Å². The van der Waals surface area contributed by atoms with E-state index in [4.69, 9.17) is 0 Å². The second-order valence-electron chi connectivity index (χ2n) is 4.16. The van der Waals surface area contributed by atoms with Crippen LogP contribution in [0.1, 0.15) is 16.7 Å². The molecule has 0 aliphatic heterocycles. The predicted octanol–water partition coefficient (Wildman–Crippen LogP) is 3.56. The Balaban J connectivity index is 2.38. The fourth-order valence-electron chi connectivity index (χ4n) is 1.77. The van der Waals surface area contributed by atoms with Gasteiger partial charge in [0.05, 0.1) is 0 Å². The highest BCUT2D eigenvalue weighted by Crippen LogP contribution is 2.16. The largest absolute Gasteiger partial charge is 0.618 e. The summed E-state index contributed by atoms with van der Waals surface area (Å²) in [5.74, 6) is 0. The third-order valence-corrected chi connectivity index (χ3v) is 2.66. The van der Waals surface area contributed by atoms with Crippen LogP contribution in [0.3, 0.4) is 0 Å². The first kappa shape index (κ1) is 11.4. The lowest BCUT2D eigenvalue weighted by Crippen LogP contribution is -2.00. The highest BCUT2D eigenvalue weighted by molar-refractivity contribution is 5.77. The van der Waals surface area contributed by atoms with Gasteiger partial charge in [-0.25, -0.2) is 0 Å². The van der Waals surface area contributed by atoms with Crippen molar-refractivity contribution < 1.29 is 4.74 Å². The van der Waals surface area contributed by atoms with E-state index < -0.39 is 0 Å². The van der Waals surface area contributed by atoms with Crippen molar-refractivity contribution in [2.75, 3.05) is 0 Å². The molecule has 0 fully saturated rings. The summed E-state index contributed by atoms with van der Waals surface area (Å²) in [6.07, 6.45) is 1.61. The van der Waals surface area contributed by atoms with Gasteiger partial charge >= 0.3 is 0 Å². The molecular formula is C15H15NO. The van der Waals surface area contributed by atoms with Crippen LogP contribution in [-0.4, -0.2) is 11.0 Å². The summed E-state index contributed by atoms with van der Waals surface area (Å²) < 4.78 is 0.921. The van der Waals surface area contributed by atoms with Gasteiger partial charge in [-0.15, -0.1) is 0 Å². The molecule has 2 rings (SSSR count). The number of nitrogens with zero attached hydrogens (tertiary/aromatic N) is 1. The van der Waals surface area contributed by atoms with E-state index in [-0.39, 0.29) is 0 Å². The Kier molecular flexibility index (Phi) is 3.24. The van der Waals surface area contributed by atoms with Gasteiger partial charge in [-0.05, 0) is 26.0 Å². The lowest BCUT2D eigenvalue weighted by molar-refractivity contribution is -0.355. The second kappa shape index (κ2) is 4.83. The van der Waals surface area contributed by atoms with Crippen molar-refractivity contribution in [3.05, 3.63) is 70.4 Å². The first-order valence-electron chi connectivity index (χ1n) is 5.60. The maximum absolute atomic E-state index is 12.0. The molecule has 86 valence electrons. The standard InChI is InChI=1S/C15H15NO/c1-12-6-5-8-14(10-12)11-16(17)15-9-4-3-7-13(15)2/h3-11H,1-2H3. The molecule has 0 aliphatic carbocycles. The highest BCUT2D eigenvalue weighted by Gasteiger charge is 2.04. The minimum Gasteiger partial charge on any atom is -0.618 e. The van der Waals surface area contributed by atoms with E-state index in [1.165, 1.54) is 0 Å². The molecular weight excluding hydrogens is 210 g/mol. The third-order valence-electron chi connectivity index (χ3n) is 2.66. The number of benzene rings is 2. The monoisotopic (exact) mass is 225 g/mol. The fraction of sp³-hybridized carbons (Fsp3) is 0.133. The lowest BCUT2D eigenvalue weighted by Gasteiger charge is -2.05. The van der Waals surface area contributed by atoms with Crippen LogP contribution < -0.4 is 0 Å². The molecule has 0 saturated heterocycles. The van der Waals surface area contributed by atoms with Gasteiger partial charge in [0.2, 0.25) is 5.69 Å². The summed E-state index contributed by atoms with van der Waals surface area (Å²) in [4.78, 5) is 0. The lowest BCUT2D eigenvalue weighted by atomic mass is 10.1. The Labute approximate surface area is 101 Å². The van der Waals surface area contributed by atoms with Gasteiger partial charge in [0, 0.05) is 17.2 Å². The molecule has 0 unspecified atom stereocenters. The molecule has 0 amide bonds. The predicted molar refractivity (Wildman–Crippen MR) is 70.8 cm³/mol. The fourth-order valence-corrected chi connectivity index (χ4v) is 1.77. The van der Waals surface area contributed by atoms with Crippen LogP contribution in [-0.2, 0) is 0 Å². The van der Waals surface area contributed by atoms with Gasteiger partial charge in [0.15, 0.2) is 6.21 Å². The first-order chi connectivity index (χ1) is 8.16. The zero-order valence-corrected chi connectivity index (χ0v) is 10.1. The molecule has 0 N–H and O–H groups in total. The third kappa shape index (κ3) is 2.72. The summed E-state index contributed by atoms with van der Waals surface area (Å²) >= 11 is 0. The molecule has 0 spiro atoms. The molecule has 2 nitrogen and oxygen atoms in total. The van der Waals surface area contributed by atoms with Crippen LogP contribution in [0, 0.1) is 19.1 Å². The van der Waals surface area contributed by atoms with Gasteiger partial charge in [-0.1, -0.05) is 35.9 Å². The van der Waals surface area contributed by atoms with Crippen LogP contribution in [0.2, 0.25) is 0 Å². The van der Waals surface area contributed by atoms with Gasteiger partial charge in [-0.2, -0.15) is 4.74 Å². The number of hydrogen-bond acceptors (Lipinski definition) is 1. The van der Waals surface area contributed by atoms with Gasteiger partial charge in [0.25, 0.3) is 0 Å². The van der Waals surface area contributed by atoms with Crippen molar-refractivity contribution in [2.24, 2.45) is 0 Å². The Bertz CT molecular complexity index is 558. The SMILES string of the molecule is Cc1cccc(C=[N+]([O-])c2ccccc2C)c1. The smallest absolute Gasteiger partial charge is 0.219 e. The minimum atomic E-state index is 0.689. The van der Waals surface area contributed by atoms with Crippen molar-refractivity contribution in [1.82, 2.24) is 0 Å². The number of rotatable bonds is 2. The molecule has 0 aromatic heterocycles. The number of hydrogen-bond donors (Lipinski definition) is 0. The normalized spacial score (nSPS) is 11.5. The topological polar surface area (TPSA) is 26.1 Å². The van der Waals surface area contributed by atoms with E-state index in [0.29, 0.717) is 5.69 Å². The van der Waals surface area contributed by atoms with Crippen molar-refractivity contribution in [3.63, 3.8) is 0 Å². The quantitative estimate of drug-likeness (QED) is 0.332. The second-order valence-corrected chi connectivity index (χ2v) is 4.16. The zero-order chi connectivity index (χ0) is 12.3. The van der Waals surface area contributed by atoms with Crippen LogP contribution >= 0.6 is 0 Å². The summed E-state index contributed by atoms with van der Waals surface area (Å²) in [6, 6.07) is 15.4. The van der Waals surface area contributed by atoms with E-state index in [1.807, 2.05) is 62.4 Å². The van der Waals surface area contributed by atoms with E-state index in [0.717, 1.165) is 21.4 Å². The van der Waals surface area contributed by atoms with Gasteiger partial charge < -0.3 is 5.21 Å². The molecule has 2 heteroatoms. The summed E-state index contributed by atoms with van der Waals surface area (Å²) in [7, 11) is 0. The van der Waals surface area contributed by atoms with Gasteiger partial charge in [0.1, 0.15) is 0 Å². The molecule has 0 radical (unpaired) electrons. The minimum absolute atomic E-state index is 0.689. The van der Waals surface area contributed by atoms with Crippen molar-refractivity contribution in [3.8, 4) is 0 Å². The molecule has 0 bridgehead atoms. The maximum Gasteiger partial charge on any atom is 0.219 e. The van der Waals surface area contributed by atoms with Gasteiger partial charge in [-0.3, -0.25) is 0 Å². The average molecular weight is 225 g/mol. The van der Waals surface area contributed by atoms with Crippen LogP contribution in [0.15, 0.2) is 48.5 Å². The Morgan fingerprint density at radius 2 is 1.76 bits per heavy atom. The van der Waals surface area contributed by atoms with E-state index in [2.05, 4.69) is 0 Å². The van der Waals surface area contributed by atoms with Crippen LogP contribution in [0.4, 0.5) is 5.69 Å². The molecule has 17 heavy (non-hydrogen) atoms. The molecule has 2 aromatic rings. The Morgan fingerprint density at radius 3 is 2.47 bits per heavy atom. The first-order valence-corrected chi connectivity index (χ1v) is 5.60. The van der Waals surface area contributed by atoms with E-state index >= 15 is 0 Å². The molecule has 0 saturated carbocycles. The van der Waals surface area contributed by atoms with Crippen molar-refractivity contribution in [1.29, 1.82) is 0 Å². The summed E-state index contributed by atoms with van der Waals surface area (Å²) in [5, 5.41) is 12.0. The maximum atomic E-state index is 12.0. The zero-order valence-electron chi connectivity index (χ0n) is 10.1. The van der Waals surface area contributed by atoms with Crippen molar-refractivity contribution >= 4 is 11.9 Å².